The monoisotopic (exact) mass is 284 g/mol. The molecule has 1 N–H and O–H groups in total. The van der Waals surface area contributed by atoms with Crippen LogP contribution in [0.4, 0.5) is 0 Å². The van der Waals surface area contributed by atoms with Crippen molar-refractivity contribution in [1.82, 2.24) is 0 Å². The van der Waals surface area contributed by atoms with E-state index in [4.69, 9.17) is 4.74 Å². The van der Waals surface area contributed by atoms with E-state index in [9.17, 15) is 5.11 Å². The molecule has 0 aliphatic heterocycles. The molecule has 0 aromatic heterocycles. The maximum absolute atomic E-state index is 9.74. The maximum atomic E-state index is 9.74. The first-order chi connectivity index (χ1) is 7.57. The lowest BCUT2D eigenvalue weighted by molar-refractivity contribution is 0.110. The average Bonchev–Trinajstić information content (AvgIpc) is 2.99. The molecular formula is C13H17BrO2. The average molecular weight is 285 g/mol. The number of methoxy groups -OCH3 is 1. The Bertz CT molecular complexity index is 384. The van der Waals surface area contributed by atoms with Crippen molar-refractivity contribution >= 4 is 15.9 Å². The minimum absolute atomic E-state index is 0.133. The molecule has 0 spiro atoms. The highest BCUT2D eigenvalue weighted by Crippen LogP contribution is 2.51. The summed E-state index contributed by atoms with van der Waals surface area (Å²) in [4.78, 5) is 0. The Morgan fingerprint density at radius 2 is 2.19 bits per heavy atom. The second-order valence-corrected chi connectivity index (χ2v) is 5.54. The van der Waals surface area contributed by atoms with E-state index in [1.807, 2.05) is 13.0 Å². The van der Waals surface area contributed by atoms with Crippen LogP contribution in [0, 0.1) is 5.41 Å². The van der Waals surface area contributed by atoms with Gasteiger partial charge in [-0.1, -0.05) is 6.07 Å². The van der Waals surface area contributed by atoms with E-state index in [1.165, 1.54) is 5.56 Å². The van der Waals surface area contributed by atoms with E-state index in [0.717, 1.165) is 29.5 Å². The van der Waals surface area contributed by atoms with Gasteiger partial charge in [0.05, 0.1) is 17.7 Å². The smallest absolute Gasteiger partial charge is 0.133 e. The van der Waals surface area contributed by atoms with E-state index in [0.29, 0.717) is 0 Å². The Labute approximate surface area is 105 Å². The Hall–Kier alpha value is -0.540. The van der Waals surface area contributed by atoms with Gasteiger partial charge in [-0.25, -0.2) is 0 Å². The van der Waals surface area contributed by atoms with Crippen LogP contribution in [0.5, 0.6) is 5.75 Å². The number of hydrogen-bond acceptors (Lipinski definition) is 2. The minimum Gasteiger partial charge on any atom is -0.496 e. The highest BCUT2D eigenvalue weighted by atomic mass is 79.9. The van der Waals surface area contributed by atoms with Crippen molar-refractivity contribution in [2.75, 3.05) is 7.11 Å². The number of rotatable bonds is 4. The molecule has 2 rings (SSSR count). The predicted octanol–water partition coefficient (Wildman–Crippen LogP) is 3.16. The molecule has 1 atom stereocenters. The molecular weight excluding hydrogens is 268 g/mol. The summed E-state index contributed by atoms with van der Waals surface area (Å²) < 4.78 is 6.18. The van der Waals surface area contributed by atoms with Gasteiger partial charge in [-0.2, -0.15) is 0 Å². The lowest BCUT2D eigenvalue weighted by Gasteiger charge is -2.18. The molecule has 0 saturated heterocycles. The molecule has 1 aromatic carbocycles. The Morgan fingerprint density at radius 3 is 2.62 bits per heavy atom. The van der Waals surface area contributed by atoms with Crippen molar-refractivity contribution in [2.24, 2.45) is 5.41 Å². The van der Waals surface area contributed by atoms with Crippen LogP contribution in [-0.2, 0) is 6.42 Å². The van der Waals surface area contributed by atoms with Gasteiger partial charge in [-0.3, -0.25) is 0 Å². The second kappa shape index (κ2) is 4.38. The summed E-state index contributed by atoms with van der Waals surface area (Å²) in [5.74, 6) is 0.852. The fourth-order valence-corrected chi connectivity index (χ4v) is 2.72. The second-order valence-electron chi connectivity index (χ2n) is 4.68. The van der Waals surface area contributed by atoms with Gasteiger partial charge in [-0.15, -0.1) is 0 Å². The third-order valence-electron chi connectivity index (χ3n) is 3.55. The molecule has 0 radical (unpaired) electrons. The van der Waals surface area contributed by atoms with Crippen LogP contribution in [0.2, 0.25) is 0 Å². The van der Waals surface area contributed by atoms with Crippen molar-refractivity contribution in [3.8, 4) is 5.75 Å². The van der Waals surface area contributed by atoms with Crippen molar-refractivity contribution < 1.29 is 9.84 Å². The van der Waals surface area contributed by atoms with Gasteiger partial charge in [-0.05, 0) is 59.8 Å². The Balaban J connectivity index is 2.14. The van der Waals surface area contributed by atoms with Gasteiger partial charge in [0.1, 0.15) is 5.75 Å². The minimum atomic E-state index is -0.214. The molecule has 0 bridgehead atoms. The van der Waals surface area contributed by atoms with E-state index in [1.54, 1.807) is 7.11 Å². The van der Waals surface area contributed by atoms with Crippen LogP contribution in [0.1, 0.15) is 25.3 Å². The number of aliphatic hydroxyl groups excluding tert-OH is 1. The van der Waals surface area contributed by atoms with E-state index in [-0.39, 0.29) is 11.5 Å². The van der Waals surface area contributed by atoms with Crippen LogP contribution >= 0.6 is 15.9 Å². The first kappa shape index (κ1) is 11.9. The van der Waals surface area contributed by atoms with Gasteiger partial charge >= 0.3 is 0 Å². The lowest BCUT2D eigenvalue weighted by Crippen LogP contribution is -2.20. The molecule has 0 heterocycles. The third-order valence-corrected chi connectivity index (χ3v) is 4.17. The number of hydrogen-bond donors (Lipinski definition) is 1. The molecule has 1 aliphatic rings. The summed E-state index contributed by atoms with van der Waals surface area (Å²) in [5, 5.41) is 9.74. The molecule has 1 fully saturated rings. The number of aliphatic hydroxyl groups is 1. The molecule has 1 saturated carbocycles. The Morgan fingerprint density at radius 1 is 1.50 bits per heavy atom. The Kier molecular flexibility index (Phi) is 3.27. The number of halogens is 1. The summed E-state index contributed by atoms with van der Waals surface area (Å²) in [6.45, 7) is 1.89. The van der Waals surface area contributed by atoms with Crippen molar-refractivity contribution in [1.29, 1.82) is 0 Å². The van der Waals surface area contributed by atoms with Crippen LogP contribution in [0.15, 0.2) is 22.7 Å². The SMILES string of the molecule is COc1ccc(CC2(C(C)O)CC2)cc1Br. The molecule has 1 aliphatic carbocycles. The van der Waals surface area contributed by atoms with E-state index in [2.05, 4.69) is 28.1 Å². The molecule has 1 unspecified atom stereocenters. The van der Waals surface area contributed by atoms with Gasteiger partial charge in [0, 0.05) is 5.41 Å². The first-order valence-electron chi connectivity index (χ1n) is 5.58. The summed E-state index contributed by atoms with van der Waals surface area (Å²) >= 11 is 3.48. The van der Waals surface area contributed by atoms with E-state index < -0.39 is 0 Å². The summed E-state index contributed by atoms with van der Waals surface area (Å²) in [6, 6.07) is 6.13. The highest BCUT2D eigenvalue weighted by Gasteiger charge is 2.46. The normalized spacial score (nSPS) is 19.2. The zero-order valence-corrected chi connectivity index (χ0v) is 11.3. The topological polar surface area (TPSA) is 29.5 Å². The fourth-order valence-electron chi connectivity index (χ4n) is 2.13. The third kappa shape index (κ3) is 2.25. The molecule has 2 nitrogen and oxygen atoms in total. The van der Waals surface area contributed by atoms with Crippen molar-refractivity contribution in [3.05, 3.63) is 28.2 Å². The molecule has 3 heteroatoms. The van der Waals surface area contributed by atoms with Crippen LogP contribution in [-0.4, -0.2) is 18.3 Å². The summed E-state index contributed by atoms with van der Waals surface area (Å²) in [6.07, 6.45) is 3.00. The maximum Gasteiger partial charge on any atom is 0.133 e. The number of ether oxygens (including phenoxy) is 1. The van der Waals surface area contributed by atoms with Gasteiger partial charge < -0.3 is 9.84 Å². The standard InChI is InChI=1S/C13H17BrO2/c1-9(15)13(5-6-13)8-10-3-4-12(16-2)11(14)7-10/h3-4,7,9,15H,5-6,8H2,1-2H3. The zero-order valence-electron chi connectivity index (χ0n) is 9.66. The molecule has 16 heavy (non-hydrogen) atoms. The van der Waals surface area contributed by atoms with Gasteiger partial charge in [0.2, 0.25) is 0 Å². The molecule has 0 amide bonds. The van der Waals surface area contributed by atoms with Crippen LogP contribution in [0.3, 0.4) is 0 Å². The fraction of sp³-hybridized carbons (Fsp3) is 0.538. The zero-order chi connectivity index (χ0) is 11.8. The van der Waals surface area contributed by atoms with Gasteiger partial charge in [0.15, 0.2) is 0 Å². The van der Waals surface area contributed by atoms with Crippen LogP contribution in [0.25, 0.3) is 0 Å². The van der Waals surface area contributed by atoms with E-state index >= 15 is 0 Å². The first-order valence-corrected chi connectivity index (χ1v) is 6.37. The molecule has 1 aromatic rings. The van der Waals surface area contributed by atoms with Crippen molar-refractivity contribution in [2.45, 2.75) is 32.3 Å². The molecule has 88 valence electrons. The lowest BCUT2D eigenvalue weighted by atomic mass is 9.92. The quantitative estimate of drug-likeness (QED) is 0.920. The number of benzene rings is 1. The highest BCUT2D eigenvalue weighted by molar-refractivity contribution is 9.10. The van der Waals surface area contributed by atoms with Gasteiger partial charge in [0.25, 0.3) is 0 Å². The predicted molar refractivity (Wildman–Crippen MR) is 67.7 cm³/mol. The summed E-state index contributed by atoms with van der Waals surface area (Å²) in [7, 11) is 1.66. The van der Waals surface area contributed by atoms with Crippen molar-refractivity contribution in [3.63, 3.8) is 0 Å². The largest absolute Gasteiger partial charge is 0.496 e. The van der Waals surface area contributed by atoms with Crippen LogP contribution < -0.4 is 4.74 Å². The summed E-state index contributed by atoms with van der Waals surface area (Å²) in [5.41, 5.74) is 1.39.